The number of benzene rings is 2. The first-order chi connectivity index (χ1) is 21.9. The molecule has 0 aliphatic carbocycles. The van der Waals surface area contributed by atoms with Crippen LogP contribution in [0.1, 0.15) is 47.2 Å². The van der Waals surface area contributed by atoms with Crippen molar-refractivity contribution in [3.05, 3.63) is 99.8 Å². The number of carboxylic acids is 1. The summed E-state index contributed by atoms with van der Waals surface area (Å²) >= 11 is 5.89. The molecule has 1 saturated heterocycles. The van der Waals surface area contributed by atoms with Crippen LogP contribution in [0.25, 0.3) is 22.3 Å². The van der Waals surface area contributed by atoms with E-state index in [1.807, 2.05) is 18.4 Å². The standard InChI is InChI=1S/C33H28ClF3N4O5/c1-33(2)16-45-15-28(33)41-26-9-17(32(42)43)4-6-25(26)39-30(41)10-18-8-23(37)20(11-22(18)36)24-7-5-21(35)31(40-24)46-14-19-13-38-29(34)12-27(19)44-3/h4-9,11-13,28H,10,14-16H2,1-3H3,(H,42,43)/t28-/m1/s1. The highest BCUT2D eigenvalue weighted by Crippen LogP contribution is 2.41. The highest BCUT2D eigenvalue weighted by Gasteiger charge is 2.39. The van der Waals surface area contributed by atoms with Crippen LogP contribution in [0.3, 0.4) is 0 Å². The first-order valence-electron chi connectivity index (χ1n) is 14.2. The molecule has 0 amide bonds. The van der Waals surface area contributed by atoms with Gasteiger partial charge in [-0.15, -0.1) is 0 Å². The Bertz CT molecular complexity index is 1980. The number of methoxy groups -OCH3 is 1. The Hall–Kier alpha value is -4.68. The van der Waals surface area contributed by atoms with E-state index < -0.39 is 29.3 Å². The van der Waals surface area contributed by atoms with Crippen LogP contribution in [-0.2, 0) is 17.8 Å². The van der Waals surface area contributed by atoms with Crippen LogP contribution in [0, 0.1) is 22.9 Å². The Balaban J connectivity index is 1.32. The van der Waals surface area contributed by atoms with Gasteiger partial charge >= 0.3 is 5.97 Å². The number of nitrogens with zero attached hydrogens (tertiary/aromatic N) is 4. The molecule has 46 heavy (non-hydrogen) atoms. The third-order valence-corrected chi connectivity index (χ3v) is 8.25. The van der Waals surface area contributed by atoms with Crippen LogP contribution in [0.2, 0.25) is 5.15 Å². The number of imidazole rings is 1. The second kappa shape index (κ2) is 12.3. The van der Waals surface area contributed by atoms with Crippen LogP contribution in [0.5, 0.6) is 11.6 Å². The number of carbonyl (C=O) groups is 1. The van der Waals surface area contributed by atoms with Gasteiger partial charge in [0.15, 0.2) is 5.82 Å². The summed E-state index contributed by atoms with van der Waals surface area (Å²) in [7, 11) is 1.43. The van der Waals surface area contributed by atoms with Crippen LogP contribution in [-0.4, -0.2) is 50.9 Å². The number of ether oxygens (including phenoxy) is 3. The molecule has 1 fully saturated rings. The minimum atomic E-state index is -1.09. The summed E-state index contributed by atoms with van der Waals surface area (Å²) in [6.07, 6.45) is 1.33. The van der Waals surface area contributed by atoms with Gasteiger partial charge in [0.05, 0.1) is 48.7 Å². The summed E-state index contributed by atoms with van der Waals surface area (Å²) < 4.78 is 64.4. The maximum absolute atomic E-state index is 15.7. The molecule has 0 radical (unpaired) electrons. The van der Waals surface area contributed by atoms with E-state index in [9.17, 15) is 14.3 Å². The van der Waals surface area contributed by atoms with Gasteiger partial charge in [-0.2, -0.15) is 0 Å². The number of pyridine rings is 2. The lowest BCUT2D eigenvalue weighted by molar-refractivity contribution is 0.0697. The summed E-state index contributed by atoms with van der Waals surface area (Å²) in [5.41, 5.74) is 1.09. The van der Waals surface area contributed by atoms with E-state index in [0.29, 0.717) is 41.4 Å². The lowest BCUT2D eigenvalue weighted by Crippen LogP contribution is -2.27. The molecule has 1 N–H and O–H groups in total. The Labute approximate surface area is 266 Å². The smallest absolute Gasteiger partial charge is 0.335 e. The number of aromatic nitrogens is 4. The molecule has 5 aromatic rings. The molecular weight excluding hydrogens is 625 g/mol. The van der Waals surface area contributed by atoms with Gasteiger partial charge in [0.2, 0.25) is 0 Å². The van der Waals surface area contributed by atoms with Crippen molar-refractivity contribution < 1.29 is 37.3 Å². The Morgan fingerprint density at radius 3 is 2.59 bits per heavy atom. The molecule has 2 aromatic carbocycles. The van der Waals surface area contributed by atoms with Crippen molar-refractivity contribution in [3.8, 4) is 22.9 Å². The zero-order valence-corrected chi connectivity index (χ0v) is 25.7. The van der Waals surface area contributed by atoms with E-state index in [1.165, 1.54) is 37.6 Å². The number of hydrogen-bond donors (Lipinski definition) is 1. The van der Waals surface area contributed by atoms with Crippen LogP contribution in [0.4, 0.5) is 13.2 Å². The minimum Gasteiger partial charge on any atom is -0.496 e. The SMILES string of the molecule is COc1cc(Cl)ncc1COc1nc(-c2cc(F)c(Cc3nc4ccc(C(=O)O)cc4n3[C@@H]3COCC3(C)C)cc2F)ccc1F. The summed E-state index contributed by atoms with van der Waals surface area (Å²) in [5, 5.41) is 9.79. The topological polar surface area (TPSA) is 109 Å². The van der Waals surface area contributed by atoms with Gasteiger partial charge in [0, 0.05) is 35.2 Å². The molecule has 1 atom stereocenters. The van der Waals surface area contributed by atoms with Gasteiger partial charge in [-0.1, -0.05) is 25.4 Å². The van der Waals surface area contributed by atoms with Crippen LogP contribution < -0.4 is 9.47 Å². The van der Waals surface area contributed by atoms with Crippen molar-refractivity contribution in [3.63, 3.8) is 0 Å². The molecule has 0 spiro atoms. The van der Waals surface area contributed by atoms with Crippen molar-refractivity contribution in [2.75, 3.05) is 20.3 Å². The van der Waals surface area contributed by atoms with Gasteiger partial charge in [0.1, 0.15) is 35.0 Å². The van der Waals surface area contributed by atoms with Gasteiger partial charge < -0.3 is 23.9 Å². The molecule has 1 aliphatic heterocycles. The minimum absolute atomic E-state index is 0.0221. The highest BCUT2D eigenvalue weighted by atomic mass is 35.5. The Morgan fingerprint density at radius 1 is 1.07 bits per heavy atom. The number of hydrogen-bond acceptors (Lipinski definition) is 7. The van der Waals surface area contributed by atoms with Gasteiger partial charge in [-0.05, 0) is 48.0 Å². The van der Waals surface area contributed by atoms with Crippen molar-refractivity contribution in [1.82, 2.24) is 19.5 Å². The molecule has 1 aliphatic rings. The molecular formula is C33H28ClF3N4O5. The second-order valence-corrected chi connectivity index (χ2v) is 12.0. The Morgan fingerprint density at radius 2 is 1.87 bits per heavy atom. The highest BCUT2D eigenvalue weighted by molar-refractivity contribution is 6.29. The van der Waals surface area contributed by atoms with Gasteiger partial charge in [-0.3, -0.25) is 0 Å². The number of fused-ring (bicyclic) bond motifs is 1. The monoisotopic (exact) mass is 652 g/mol. The van der Waals surface area contributed by atoms with Crippen LogP contribution in [0.15, 0.2) is 54.7 Å². The maximum Gasteiger partial charge on any atom is 0.335 e. The van der Waals surface area contributed by atoms with E-state index >= 15 is 8.78 Å². The average molecular weight is 653 g/mol. The first kappa shape index (κ1) is 31.3. The molecule has 9 nitrogen and oxygen atoms in total. The Kier molecular flexibility index (Phi) is 8.34. The number of aromatic carboxylic acids is 1. The fourth-order valence-electron chi connectivity index (χ4n) is 5.58. The predicted molar refractivity (Wildman–Crippen MR) is 163 cm³/mol. The van der Waals surface area contributed by atoms with Crippen LogP contribution >= 0.6 is 11.6 Å². The average Bonchev–Trinajstić information content (AvgIpc) is 3.55. The largest absolute Gasteiger partial charge is 0.496 e. The third-order valence-electron chi connectivity index (χ3n) is 8.04. The fraction of sp³-hybridized carbons (Fsp3) is 0.273. The van der Waals surface area contributed by atoms with Crippen molar-refractivity contribution in [2.24, 2.45) is 5.41 Å². The zero-order valence-electron chi connectivity index (χ0n) is 25.0. The second-order valence-electron chi connectivity index (χ2n) is 11.6. The molecule has 13 heteroatoms. The van der Waals surface area contributed by atoms with E-state index in [0.717, 1.165) is 18.2 Å². The predicted octanol–water partition coefficient (Wildman–Crippen LogP) is 7.04. The van der Waals surface area contributed by atoms with E-state index in [-0.39, 0.29) is 52.0 Å². The number of halogens is 4. The van der Waals surface area contributed by atoms with E-state index in [4.69, 9.17) is 25.8 Å². The number of carboxylic acid groups (broad SMARTS) is 1. The lowest BCUT2D eigenvalue weighted by atomic mass is 9.87. The lowest BCUT2D eigenvalue weighted by Gasteiger charge is -2.28. The maximum atomic E-state index is 15.7. The molecule has 238 valence electrons. The summed E-state index contributed by atoms with van der Waals surface area (Å²) in [5.74, 6) is -3.03. The molecule has 0 bridgehead atoms. The van der Waals surface area contributed by atoms with E-state index in [1.54, 1.807) is 6.07 Å². The van der Waals surface area contributed by atoms with Crippen molar-refractivity contribution in [1.29, 1.82) is 0 Å². The first-order valence-corrected chi connectivity index (χ1v) is 14.6. The van der Waals surface area contributed by atoms with Gasteiger partial charge in [-0.25, -0.2) is 32.9 Å². The summed E-state index contributed by atoms with van der Waals surface area (Å²) in [6, 6.07) is 10.2. The van der Waals surface area contributed by atoms with Crippen molar-refractivity contribution in [2.45, 2.75) is 32.9 Å². The van der Waals surface area contributed by atoms with Crippen molar-refractivity contribution >= 4 is 28.6 Å². The normalized spacial score (nSPS) is 15.8. The quantitative estimate of drug-likeness (QED) is 0.169. The molecule has 0 unspecified atom stereocenters. The fourth-order valence-corrected chi connectivity index (χ4v) is 5.73. The number of rotatable bonds is 9. The summed E-state index contributed by atoms with van der Waals surface area (Å²) in [4.78, 5) is 24.5. The molecule has 4 heterocycles. The third kappa shape index (κ3) is 5.97. The molecule has 6 rings (SSSR count). The zero-order chi connectivity index (χ0) is 32.7. The van der Waals surface area contributed by atoms with E-state index in [2.05, 4.69) is 15.0 Å². The van der Waals surface area contributed by atoms with Gasteiger partial charge in [0.25, 0.3) is 5.88 Å². The molecule has 0 saturated carbocycles. The molecule has 3 aromatic heterocycles. The summed E-state index contributed by atoms with van der Waals surface area (Å²) in [6.45, 7) is 4.68.